The van der Waals surface area contributed by atoms with Gasteiger partial charge in [-0.1, -0.05) is 25.5 Å². The zero-order valence-corrected chi connectivity index (χ0v) is 9.22. The molecule has 0 heterocycles. The third kappa shape index (κ3) is 9.92. The minimum Gasteiger partial charge on any atom is -0.424 e. The predicted molar refractivity (Wildman–Crippen MR) is 53.6 cm³/mol. The van der Waals surface area contributed by atoms with E-state index < -0.39 is 0 Å². The van der Waals surface area contributed by atoms with Crippen LogP contribution in [0.2, 0.25) is 6.04 Å². The molecule has 0 aliphatic rings. The molecular weight excluding hydrogens is 152 g/mol. The van der Waals surface area contributed by atoms with Crippen LogP contribution in [0.25, 0.3) is 0 Å². The normalized spacial score (nSPS) is 12.2. The van der Waals surface area contributed by atoms with Crippen LogP contribution in [0.15, 0.2) is 12.2 Å². The lowest BCUT2D eigenvalue weighted by atomic mass is 10.3. The Morgan fingerprint density at radius 2 is 2.27 bits per heavy atom. The largest absolute Gasteiger partial charge is 0.424 e. The van der Waals surface area contributed by atoms with Crippen LogP contribution >= 0.6 is 0 Å². The Morgan fingerprint density at radius 1 is 1.45 bits per heavy atom. The van der Waals surface area contributed by atoms with Gasteiger partial charge in [0, 0.05) is 6.61 Å². The Balaban J connectivity index is 2.79. The molecule has 0 rings (SSSR count). The molecule has 66 valence electrons. The zero-order chi connectivity index (χ0) is 8.36. The van der Waals surface area contributed by atoms with Crippen molar-refractivity contribution in [3.63, 3.8) is 0 Å². The summed E-state index contributed by atoms with van der Waals surface area (Å²) >= 11 is 0. The number of hydrogen-bond donors (Lipinski definition) is 0. The van der Waals surface area contributed by atoms with Crippen LogP contribution in [-0.4, -0.2) is 16.4 Å². The molecular formula is C9H20OSi. The Bertz CT molecular complexity index is 91.6. The first-order valence-corrected chi connectivity index (χ1v) is 6.18. The van der Waals surface area contributed by atoms with E-state index in [1.54, 1.807) is 0 Å². The second-order valence-corrected chi connectivity index (χ2v) is 4.20. The quantitative estimate of drug-likeness (QED) is 0.325. The van der Waals surface area contributed by atoms with Crippen molar-refractivity contribution >= 4 is 9.76 Å². The molecule has 0 aliphatic carbocycles. The van der Waals surface area contributed by atoms with Crippen molar-refractivity contribution in [2.24, 2.45) is 0 Å². The van der Waals surface area contributed by atoms with E-state index >= 15 is 0 Å². The summed E-state index contributed by atoms with van der Waals surface area (Å²) in [6, 6.07) is 1.34. The third-order valence-corrected chi connectivity index (χ3v) is 3.11. The highest BCUT2D eigenvalue weighted by Gasteiger charge is 1.86. The molecule has 0 radical (unpaired) electrons. The van der Waals surface area contributed by atoms with Crippen LogP contribution in [0.5, 0.6) is 0 Å². The second-order valence-electron chi connectivity index (χ2n) is 2.68. The molecule has 0 spiro atoms. The molecule has 0 unspecified atom stereocenters. The van der Waals surface area contributed by atoms with Gasteiger partial charge in [0.05, 0.1) is 0 Å². The summed E-state index contributed by atoms with van der Waals surface area (Å²) in [6.45, 7) is 5.26. The predicted octanol–water partition coefficient (Wildman–Crippen LogP) is 2.27. The first kappa shape index (κ1) is 10.9. The maximum Gasteiger partial charge on any atom is 0.161 e. The van der Waals surface area contributed by atoms with E-state index in [0.29, 0.717) is 0 Å². The summed E-state index contributed by atoms with van der Waals surface area (Å²) in [4.78, 5) is 0. The fraction of sp³-hybridized carbons (Fsp3) is 0.778. The van der Waals surface area contributed by atoms with Gasteiger partial charge < -0.3 is 4.43 Å². The van der Waals surface area contributed by atoms with Crippen molar-refractivity contribution in [2.45, 2.75) is 39.2 Å². The molecule has 0 amide bonds. The van der Waals surface area contributed by atoms with Crippen LogP contribution in [0, 0.1) is 0 Å². The lowest BCUT2D eigenvalue weighted by molar-refractivity contribution is 0.328. The molecule has 1 nitrogen and oxygen atoms in total. The Kier molecular flexibility index (Phi) is 9.84. The Hall–Kier alpha value is -0.0831. The van der Waals surface area contributed by atoms with E-state index in [-0.39, 0.29) is 9.76 Å². The SMILES string of the molecule is CC=CCCCO[SiH2]CCC. The van der Waals surface area contributed by atoms with Crippen LogP contribution in [0.3, 0.4) is 0 Å². The average Bonchev–Trinajstić information content (AvgIpc) is 2.03. The van der Waals surface area contributed by atoms with Gasteiger partial charge in [-0.2, -0.15) is 0 Å². The second kappa shape index (κ2) is 9.92. The van der Waals surface area contributed by atoms with Gasteiger partial charge in [-0.15, -0.1) is 0 Å². The Labute approximate surface area is 72.8 Å². The smallest absolute Gasteiger partial charge is 0.161 e. The fourth-order valence-corrected chi connectivity index (χ4v) is 1.72. The van der Waals surface area contributed by atoms with E-state index in [1.165, 1.54) is 25.3 Å². The first-order chi connectivity index (χ1) is 5.41. The highest BCUT2D eigenvalue weighted by molar-refractivity contribution is 6.26. The van der Waals surface area contributed by atoms with Crippen LogP contribution in [0.4, 0.5) is 0 Å². The van der Waals surface area contributed by atoms with E-state index in [1.807, 2.05) is 0 Å². The van der Waals surface area contributed by atoms with Gasteiger partial charge in [-0.25, -0.2) is 0 Å². The summed E-state index contributed by atoms with van der Waals surface area (Å²) in [5, 5.41) is 0. The van der Waals surface area contributed by atoms with Gasteiger partial charge in [0.2, 0.25) is 0 Å². The lowest BCUT2D eigenvalue weighted by Crippen LogP contribution is -1.98. The summed E-state index contributed by atoms with van der Waals surface area (Å²) in [7, 11) is -0.147. The van der Waals surface area contributed by atoms with Crippen molar-refractivity contribution in [3.8, 4) is 0 Å². The molecule has 0 N–H and O–H groups in total. The molecule has 11 heavy (non-hydrogen) atoms. The molecule has 0 atom stereocenters. The molecule has 2 heteroatoms. The zero-order valence-electron chi connectivity index (χ0n) is 7.81. The number of hydrogen-bond acceptors (Lipinski definition) is 1. The van der Waals surface area contributed by atoms with E-state index in [2.05, 4.69) is 26.0 Å². The maximum atomic E-state index is 5.53. The van der Waals surface area contributed by atoms with Crippen LogP contribution < -0.4 is 0 Å². The molecule has 0 fully saturated rings. The van der Waals surface area contributed by atoms with Crippen LogP contribution in [-0.2, 0) is 4.43 Å². The summed E-state index contributed by atoms with van der Waals surface area (Å²) in [5.74, 6) is 0. The highest BCUT2D eigenvalue weighted by atomic mass is 28.2. The van der Waals surface area contributed by atoms with Gasteiger partial charge in [-0.05, 0) is 25.8 Å². The molecule has 0 saturated carbocycles. The maximum absolute atomic E-state index is 5.53. The van der Waals surface area contributed by atoms with Crippen molar-refractivity contribution in [2.75, 3.05) is 6.61 Å². The minimum absolute atomic E-state index is 0.147. The third-order valence-electron chi connectivity index (χ3n) is 1.54. The standard InChI is InChI=1S/C9H20OSi/c1-3-5-6-7-8-10-11-9-4-2/h3,5H,4,6-9,11H2,1-2H3. The summed E-state index contributed by atoms with van der Waals surface area (Å²) < 4.78 is 5.53. The molecule has 0 aromatic rings. The van der Waals surface area contributed by atoms with Crippen molar-refractivity contribution in [1.82, 2.24) is 0 Å². The molecule has 0 saturated heterocycles. The number of unbranched alkanes of at least 4 members (excludes halogenated alkanes) is 1. The summed E-state index contributed by atoms with van der Waals surface area (Å²) in [6.07, 6.45) is 7.97. The molecule has 0 aromatic heterocycles. The Morgan fingerprint density at radius 3 is 2.91 bits per heavy atom. The van der Waals surface area contributed by atoms with Gasteiger partial charge in [0.1, 0.15) is 0 Å². The first-order valence-electron chi connectivity index (χ1n) is 4.60. The monoisotopic (exact) mass is 172 g/mol. The minimum atomic E-state index is -0.147. The van der Waals surface area contributed by atoms with E-state index in [9.17, 15) is 0 Å². The number of allylic oxidation sites excluding steroid dienone is 2. The van der Waals surface area contributed by atoms with Crippen molar-refractivity contribution in [3.05, 3.63) is 12.2 Å². The van der Waals surface area contributed by atoms with E-state index in [4.69, 9.17) is 4.43 Å². The van der Waals surface area contributed by atoms with Gasteiger partial charge >= 0.3 is 0 Å². The van der Waals surface area contributed by atoms with Crippen molar-refractivity contribution < 1.29 is 4.43 Å². The van der Waals surface area contributed by atoms with E-state index in [0.717, 1.165) is 6.61 Å². The average molecular weight is 172 g/mol. The topological polar surface area (TPSA) is 9.23 Å². The number of rotatable bonds is 7. The van der Waals surface area contributed by atoms with Gasteiger partial charge in [0.15, 0.2) is 9.76 Å². The fourth-order valence-electron chi connectivity index (χ4n) is 0.818. The highest BCUT2D eigenvalue weighted by Crippen LogP contribution is 1.93. The molecule has 0 aliphatic heterocycles. The van der Waals surface area contributed by atoms with Gasteiger partial charge in [-0.3, -0.25) is 0 Å². The van der Waals surface area contributed by atoms with Gasteiger partial charge in [0.25, 0.3) is 0 Å². The summed E-state index contributed by atoms with van der Waals surface area (Å²) in [5.41, 5.74) is 0. The molecule has 0 bridgehead atoms. The lowest BCUT2D eigenvalue weighted by Gasteiger charge is -1.99. The molecule has 0 aromatic carbocycles. The van der Waals surface area contributed by atoms with Crippen molar-refractivity contribution in [1.29, 1.82) is 0 Å². The van der Waals surface area contributed by atoms with Crippen LogP contribution in [0.1, 0.15) is 33.1 Å².